The van der Waals surface area contributed by atoms with E-state index in [0.29, 0.717) is 5.04 Å². The predicted octanol–water partition coefficient (Wildman–Crippen LogP) is -1.24. The van der Waals surface area contributed by atoms with Gasteiger partial charge in [0.05, 0.1) is 6.61 Å². The average molecular weight is 328 g/mol. The van der Waals surface area contributed by atoms with Crippen molar-refractivity contribution in [1.29, 1.82) is 0 Å². The Kier molecular flexibility index (Phi) is 5.79. The molecule has 0 radical (unpaired) electrons. The van der Waals surface area contributed by atoms with Crippen LogP contribution in [0.3, 0.4) is 0 Å². The van der Waals surface area contributed by atoms with E-state index in [1.807, 2.05) is 31.2 Å². The van der Waals surface area contributed by atoms with Gasteiger partial charge < -0.3 is 25.5 Å². The number of aliphatic hydroxyl groups is 5. The number of rotatable bonds is 6. The fraction of sp³-hybridized carbons (Fsp3) is 0.500. The lowest BCUT2D eigenvalue weighted by Gasteiger charge is -2.28. The van der Waals surface area contributed by atoms with Gasteiger partial charge in [0, 0.05) is 5.56 Å². The molecule has 1 aliphatic rings. The first-order valence-corrected chi connectivity index (χ1v) is 7.72. The van der Waals surface area contributed by atoms with Gasteiger partial charge in [-0.1, -0.05) is 41.6 Å². The zero-order valence-electron chi connectivity index (χ0n) is 12.0. The normalized spacial score (nSPS) is 23.4. The summed E-state index contributed by atoms with van der Waals surface area (Å²) < 4.78 is 0. The fourth-order valence-electron chi connectivity index (χ4n) is 1.99. The predicted molar refractivity (Wildman–Crippen MR) is 83.3 cm³/mol. The van der Waals surface area contributed by atoms with Crippen molar-refractivity contribution in [2.75, 3.05) is 6.61 Å². The van der Waals surface area contributed by atoms with Crippen LogP contribution in [0.2, 0.25) is 0 Å². The van der Waals surface area contributed by atoms with E-state index in [1.54, 1.807) is 0 Å². The molecule has 1 aromatic carbocycles. The second kappa shape index (κ2) is 7.40. The van der Waals surface area contributed by atoms with Crippen LogP contribution in [0.5, 0.6) is 0 Å². The zero-order valence-corrected chi connectivity index (χ0v) is 12.8. The van der Waals surface area contributed by atoms with Gasteiger partial charge in [0.2, 0.25) is 0 Å². The average Bonchev–Trinajstić information content (AvgIpc) is 3.02. The third-order valence-corrected chi connectivity index (χ3v) is 4.61. The number of benzene rings is 1. The third-order valence-electron chi connectivity index (χ3n) is 3.42. The first kappa shape index (κ1) is 17.2. The highest BCUT2D eigenvalue weighted by molar-refractivity contribution is 8.15. The molecule has 0 fully saturated rings. The van der Waals surface area contributed by atoms with Crippen LogP contribution in [0, 0.1) is 6.92 Å². The van der Waals surface area contributed by atoms with Crippen molar-refractivity contribution in [3.63, 3.8) is 0 Å². The molecule has 0 saturated heterocycles. The van der Waals surface area contributed by atoms with Crippen molar-refractivity contribution in [3.8, 4) is 0 Å². The Hall–Kier alpha value is -1.16. The number of nitrogens with zero attached hydrogens (tertiary/aromatic N) is 1. The molecule has 5 atom stereocenters. The van der Waals surface area contributed by atoms with Gasteiger partial charge in [0.25, 0.3) is 0 Å². The highest BCUT2D eigenvalue weighted by Crippen LogP contribution is 2.27. The number of aliphatic hydroxyl groups excluding tert-OH is 5. The zero-order chi connectivity index (χ0) is 16.3. The van der Waals surface area contributed by atoms with Crippen molar-refractivity contribution in [2.24, 2.45) is 5.10 Å². The minimum Gasteiger partial charge on any atom is -0.394 e. The Morgan fingerprint density at radius 3 is 2.36 bits per heavy atom. The van der Waals surface area contributed by atoms with E-state index in [0.717, 1.165) is 11.1 Å². The van der Waals surface area contributed by atoms with Crippen molar-refractivity contribution in [2.45, 2.75) is 36.7 Å². The van der Waals surface area contributed by atoms with Crippen LogP contribution < -0.4 is 5.43 Å². The van der Waals surface area contributed by atoms with E-state index in [-0.39, 0.29) is 0 Å². The van der Waals surface area contributed by atoms with E-state index in [9.17, 15) is 20.4 Å². The van der Waals surface area contributed by atoms with Crippen LogP contribution in [0.15, 0.2) is 29.4 Å². The molecule has 0 bridgehead atoms. The molecular formula is C14H20N2O5S. The molecular weight excluding hydrogens is 308 g/mol. The van der Waals surface area contributed by atoms with E-state index in [1.165, 1.54) is 11.8 Å². The standard InChI is InChI=1S/C14H20N2O5S/c1-7-2-4-8(5-3-7)13-15-16-14(22-13)12(21)11(20)10(19)9(18)6-17/h2-5,9-12,14,16-21H,6H2,1H3/t9-,10-,11-,12-,14-/m1/s1. The summed E-state index contributed by atoms with van der Waals surface area (Å²) in [7, 11) is 0. The summed E-state index contributed by atoms with van der Waals surface area (Å²) in [5, 5.41) is 51.8. The third kappa shape index (κ3) is 3.78. The summed E-state index contributed by atoms with van der Waals surface area (Å²) in [5.41, 5.74) is 4.69. The van der Waals surface area contributed by atoms with Gasteiger partial charge in [0.15, 0.2) is 0 Å². The number of hydrogen-bond donors (Lipinski definition) is 6. The highest BCUT2D eigenvalue weighted by atomic mass is 32.2. The number of thioether (sulfide) groups is 1. The van der Waals surface area contributed by atoms with Gasteiger partial charge in [-0.25, -0.2) is 0 Å². The number of aryl methyl sites for hydroxylation is 1. The van der Waals surface area contributed by atoms with Crippen molar-refractivity contribution in [1.82, 2.24) is 5.43 Å². The van der Waals surface area contributed by atoms with Crippen LogP contribution in [0.1, 0.15) is 11.1 Å². The van der Waals surface area contributed by atoms with Gasteiger partial charge in [-0.3, -0.25) is 5.43 Å². The Morgan fingerprint density at radius 1 is 1.14 bits per heavy atom. The van der Waals surface area contributed by atoms with Crippen molar-refractivity contribution < 1.29 is 25.5 Å². The Morgan fingerprint density at radius 2 is 1.77 bits per heavy atom. The molecule has 2 rings (SSSR count). The summed E-state index contributed by atoms with van der Waals surface area (Å²) in [6, 6.07) is 7.69. The summed E-state index contributed by atoms with van der Waals surface area (Å²) in [6.07, 6.45) is -6.15. The van der Waals surface area contributed by atoms with Gasteiger partial charge in [-0.05, 0) is 6.92 Å². The molecule has 22 heavy (non-hydrogen) atoms. The van der Waals surface area contributed by atoms with E-state index >= 15 is 0 Å². The van der Waals surface area contributed by atoms with Crippen LogP contribution in [-0.2, 0) is 0 Å². The molecule has 0 saturated carbocycles. The van der Waals surface area contributed by atoms with Gasteiger partial charge in [0.1, 0.15) is 34.8 Å². The summed E-state index contributed by atoms with van der Waals surface area (Å²) in [5.74, 6) is 0. The molecule has 122 valence electrons. The Labute approximate surface area is 132 Å². The molecule has 7 nitrogen and oxygen atoms in total. The quantitative estimate of drug-likeness (QED) is 0.385. The summed E-state index contributed by atoms with van der Waals surface area (Å²) in [6.45, 7) is 1.27. The van der Waals surface area contributed by atoms with Gasteiger partial charge >= 0.3 is 0 Å². The van der Waals surface area contributed by atoms with Gasteiger partial charge in [-0.15, -0.1) is 0 Å². The van der Waals surface area contributed by atoms with Crippen LogP contribution in [0.4, 0.5) is 0 Å². The Bertz CT molecular complexity index is 524. The molecule has 6 N–H and O–H groups in total. The fourth-order valence-corrected chi connectivity index (χ4v) is 3.01. The maximum atomic E-state index is 10.1. The second-order valence-electron chi connectivity index (χ2n) is 5.17. The van der Waals surface area contributed by atoms with Crippen LogP contribution in [-0.4, -0.2) is 67.0 Å². The molecule has 8 heteroatoms. The number of hydrogen-bond acceptors (Lipinski definition) is 8. The number of nitrogens with one attached hydrogen (secondary N) is 1. The minimum atomic E-state index is -1.65. The molecule has 0 spiro atoms. The van der Waals surface area contributed by atoms with Crippen LogP contribution in [0.25, 0.3) is 0 Å². The van der Waals surface area contributed by atoms with Crippen molar-refractivity contribution in [3.05, 3.63) is 35.4 Å². The van der Waals surface area contributed by atoms with Crippen molar-refractivity contribution >= 4 is 16.8 Å². The lowest BCUT2D eigenvalue weighted by molar-refractivity contribution is -0.116. The van der Waals surface area contributed by atoms with E-state index in [2.05, 4.69) is 10.5 Å². The molecule has 0 amide bonds. The first-order chi connectivity index (χ1) is 10.4. The Balaban J connectivity index is 1.97. The molecule has 0 aliphatic carbocycles. The molecule has 0 unspecified atom stereocenters. The largest absolute Gasteiger partial charge is 0.394 e. The summed E-state index contributed by atoms with van der Waals surface area (Å²) >= 11 is 1.22. The van der Waals surface area contributed by atoms with E-state index in [4.69, 9.17) is 5.11 Å². The van der Waals surface area contributed by atoms with E-state index < -0.39 is 36.4 Å². The second-order valence-corrected chi connectivity index (χ2v) is 6.30. The molecule has 1 heterocycles. The maximum absolute atomic E-state index is 10.1. The highest BCUT2D eigenvalue weighted by Gasteiger charge is 2.37. The lowest BCUT2D eigenvalue weighted by atomic mass is 10.0. The number of hydrazone groups is 1. The minimum absolute atomic E-state index is 0.660. The molecule has 0 aromatic heterocycles. The van der Waals surface area contributed by atoms with Gasteiger partial charge in [-0.2, -0.15) is 5.10 Å². The SMILES string of the molecule is Cc1ccc(C2=NN[C@@H]([C@H](O)[C@H](O)[C@H](O)[C@H](O)CO)S2)cc1. The summed E-state index contributed by atoms with van der Waals surface area (Å²) in [4.78, 5) is 0. The monoisotopic (exact) mass is 328 g/mol. The molecule has 1 aliphatic heterocycles. The topological polar surface area (TPSA) is 126 Å². The first-order valence-electron chi connectivity index (χ1n) is 6.84. The smallest absolute Gasteiger partial charge is 0.125 e. The maximum Gasteiger partial charge on any atom is 0.125 e. The lowest BCUT2D eigenvalue weighted by Crippen LogP contribution is -2.51. The molecule has 1 aromatic rings. The van der Waals surface area contributed by atoms with Crippen LogP contribution >= 0.6 is 11.8 Å².